The fraction of sp³-hybridized carbons (Fsp3) is 0.222. The lowest BCUT2D eigenvalue weighted by Gasteiger charge is -2.09. The smallest absolute Gasteiger partial charge is 0.212 e. The quantitative estimate of drug-likeness (QED) is 0.786. The Morgan fingerprint density at radius 2 is 2.04 bits per heavy atom. The van der Waals surface area contributed by atoms with E-state index in [2.05, 4.69) is 21.1 Å². The van der Waals surface area contributed by atoms with Gasteiger partial charge in [0.15, 0.2) is 0 Å². The summed E-state index contributed by atoms with van der Waals surface area (Å²) in [7, 11) is 1.56. The Morgan fingerprint density at radius 1 is 1.24 bits per heavy atom. The predicted octanol–water partition coefficient (Wildman–Crippen LogP) is 3.05. The van der Waals surface area contributed by atoms with Crippen molar-refractivity contribution in [3.05, 3.63) is 42.4 Å². The molecule has 0 bridgehead atoms. The number of nitrogens with zero attached hydrogens (tertiary/aromatic N) is 5. The minimum absolute atomic E-state index is 0.183. The number of hydrogen-bond acceptors (Lipinski definition) is 6. The van der Waals surface area contributed by atoms with Gasteiger partial charge in [0.2, 0.25) is 5.88 Å². The largest absolute Gasteiger partial charge is 0.481 e. The number of methoxy groups -OCH3 is 1. The molecule has 3 aromatic rings. The van der Waals surface area contributed by atoms with E-state index in [1.165, 1.54) is 0 Å². The topological polar surface area (TPSA) is 103 Å². The van der Waals surface area contributed by atoms with Crippen molar-refractivity contribution in [1.29, 1.82) is 5.26 Å². The molecule has 3 heterocycles. The third-order valence-electron chi connectivity index (χ3n) is 3.84. The zero-order valence-electron chi connectivity index (χ0n) is 14.3. The fourth-order valence-corrected chi connectivity index (χ4v) is 2.47. The van der Waals surface area contributed by atoms with Crippen LogP contribution in [-0.2, 0) is 0 Å². The summed E-state index contributed by atoms with van der Waals surface area (Å²) in [6, 6.07) is 7.80. The fourth-order valence-electron chi connectivity index (χ4n) is 2.47. The predicted molar refractivity (Wildman–Crippen MR) is 94.8 cm³/mol. The summed E-state index contributed by atoms with van der Waals surface area (Å²) >= 11 is 0. The first-order valence-electron chi connectivity index (χ1n) is 7.79. The van der Waals surface area contributed by atoms with Crippen molar-refractivity contribution in [3.63, 3.8) is 0 Å². The van der Waals surface area contributed by atoms with Gasteiger partial charge in [-0.05, 0) is 26.0 Å². The van der Waals surface area contributed by atoms with E-state index in [4.69, 9.17) is 10.5 Å². The molecule has 0 unspecified atom stereocenters. The number of rotatable bonds is 4. The van der Waals surface area contributed by atoms with Crippen LogP contribution in [0.1, 0.15) is 25.5 Å². The lowest BCUT2D eigenvalue weighted by atomic mass is 10.0. The molecule has 0 fully saturated rings. The summed E-state index contributed by atoms with van der Waals surface area (Å²) in [5.74, 6) is 0.701. The van der Waals surface area contributed by atoms with Crippen LogP contribution in [0.25, 0.3) is 22.4 Å². The molecule has 126 valence electrons. The average molecular weight is 334 g/mol. The summed E-state index contributed by atoms with van der Waals surface area (Å²) in [5, 5.41) is 13.8. The zero-order chi connectivity index (χ0) is 18.0. The average Bonchev–Trinajstić information content (AvgIpc) is 3.11. The van der Waals surface area contributed by atoms with Gasteiger partial charge in [-0.1, -0.05) is 0 Å². The van der Waals surface area contributed by atoms with Crippen molar-refractivity contribution < 1.29 is 4.74 Å². The highest BCUT2D eigenvalue weighted by molar-refractivity contribution is 5.79. The van der Waals surface area contributed by atoms with E-state index < -0.39 is 0 Å². The Kier molecular flexibility index (Phi) is 4.35. The summed E-state index contributed by atoms with van der Waals surface area (Å²) in [6.07, 6.45) is 5.29. The normalized spacial score (nSPS) is 10.7. The summed E-state index contributed by atoms with van der Waals surface area (Å²) in [6.45, 7) is 4.08. The molecule has 0 saturated carbocycles. The van der Waals surface area contributed by atoms with E-state index in [9.17, 15) is 5.26 Å². The third-order valence-corrected chi connectivity index (χ3v) is 3.84. The highest BCUT2D eigenvalue weighted by Crippen LogP contribution is 2.31. The molecule has 2 N–H and O–H groups in total. The Balaban J connectivity index is 2.13. The molecule has 0 aliphatic rings. The van der Waals surface area contributed by atoms with Crippen LogP contribution in [0.3, 0.4) is 0 Å². The van der Waals surface area contributed by atoms with Gasteiger partial charge in [0.05, 0.1) is 19.0 Å². The van der Waals surface area contributed by atoms with Crippen LogP contribution in [0.15, 0.2) is 36.8 Å². The van der Waals surface area contributed by atoms with Crippen LogP contribution in [0.5, 0.6) is 5.88 Å². The van der Waals surface area contributed by atoms with Crippen molar-refractivity contribution in [2.75, 3.05) is 12.8 Å². The van der Waals surface area contributed by atoms with Crippen LogP contribution in [0.2, 0.25) is 0 Å². The molecule has 3 aromatic heterocycles. The van der Waals surface area contributed by atoms with E-state index in [0.717, 1.165) is 11.1 Å². The molecule has 7 heteroatoms. The molecule has 0 radical (unpaired) electrons. The van der Waals surface area contributed by atoms with E-state index >= 15 is 0 Å². The standard InChI is InChI=1S/C18H18N6O/c1-11(2)24-10-13(9-22-24)14-6-16(23-18(20)15(14)7-19)12-4-5-17(25-3)21-8-12/h4-6,8-11H,1-3H3,(H2,20,23). The van der Waals surface area contributed by atoms with Gasteiger partial charge in [-0.2, -0.15) is 10.4 Å². The van der Waals surface area contributed by atoms with Gasteiger partial charge in [-0.3, -0.25) is 4.68 Å². The first-order valence-corrected chi connectivity index (χ1v) is 7.79. The van der Waals surface area contributed by atoms with E-state index in [0.29, 0.717) is 22.7 Å². The van der Waals surface area contributed by atoms with Gasteiger partial charge in [-0.15, -0.1) is 0 Å². The van der Waals surface area contributed by atoms with Crippen LogP contribution in [-0.4, -0.2) is 26.9 Å². The lowest BCUT2D eigenvalue weighted by Crippen LogP contribution is -2.01. The van der Waals surface area contributed by atoms with E-state index in [1.807, 2.05) is 36.9 Å². The number of nitrogen functional groups attached to an aromatic ring is 1. The Labute approximate surface area is 145 Å². The van der Waals surface area contributed by atoms with Crippen molar-refractivity contribution in [2.24, 2.45) is 0 Å². The highest BCUT2D eigenvalue weighted by Gasteiger charge is 2.15. The Hall–Kier alpha value is -3.40. The molecular weight excluding hydrogens is 316 g/mol. The van der Waals surface area contributed by atoms with Crippen molar-refractivity contribution in [1.82, 2.24) is 19.7 Å². The second kappa shape index (κ2) is 6.61. The highest BCUT2D eigenvalue weighted by atomic mass is 16.5. The van der Waals surface area contributed by atoms with Crippen LogP contribution in [0.4, 0.5) is 5.82 Å². The van der Waals surface area contributed by atoms with Crippen LogP contribution in [0, 0.1) is 11.3 Å². The van der Waals surface area contributed by atoms with Gasteiger partial charge in [-0.25, -0.2) is 9.97 Å². The monoisotopic (exact) mass is 334 g/mol. The maximum Gasteiger partial charge on any atom is 0.212 e. The summed E-state index contributed by atoms with van der Waals surface area (Å²) in [4.78, 5) is 8.54. The lowest BCUT2D eigenvalue weighted by molar-refractivity contribution is 0.398. The Morgan fingerprint density at radius 3 is 2.60 bits per heavy atom. The first-order chi connectivity index (χ1) is 12.0. The Bertz CT molecular complexity index is 937. The number of pyridine rings is 2. The molecular formula is C18H18N6O. The van der Waals surface area contributed by atoms with Gasteiger partial charge in [0.1, 0.15) is 17.5 Å². The number of hydrogen-bond donors (Lipinski definition) is 1. The van der Waals surface area contributed by atoms with Crippen LogP contribution < -0.4 is 10.5 Å². The maximum absolute atomic E-state index is 9.48. The second-order valence-corrected chi connectivity index (χ2v) is 5.82. The van der Waals surface area contributed by atoms with Gasteiger partial charge in [0, 0.05) is 41.2 Å². The molecule has 0 aliphatic carbocycles. The molecule has 25 heavy (non-hydrogen) atoms. The summed E-state index contributed by atoms with van der Waals surface area (Å²) < 4.78 is 6.91. The first kappa shape index (κ1) is 16.5. The van der Waals surface area contributed by atoms with Crippen molar-refractivity contribution in [3.8, 4) is 34.3 Å². The molecule has 0 saturated heterocycles. The second-order valence-electron chi connectivity index (χ2n) is 5.82. The summed E-state index contributed by atoms with van der Waals surface area (Å²) in [5.41, 5.74) is 9.31. The van der Waals surface area contributed by atoms with Gasteiger partial charge >= 0.3 is 0 Å². The van der Waals surface area contributed by atoms with Crippen molar-refractivity contribution >= 4 is 5.82 Å². The number of nitrogens with two attached hydrogens (primary N) is 1. The molecule has 7 nitrogen and oxygen atoms in total. The SMILES string of the molecule is COc1ccc(-c2cc(-c3cnn(C(C)C)c3)c(C#N)c(N)n2)cn1. The zero-order valence-corrected chi connectivity index (χ0v) is 14.3. The maximum atomic E-state index is 9.48. The minimum atomic E-state index is 0.183. The molecule has 0 aliphatic heterocycles. The van der Waals surface area contributed by atoms with E-state index in [-0.39, 0.29) is 11.9 Å². The minimum Gasteiger partial charge on any atom is -0.481 e. The number of anilines is 1. The van der Waals surface area contributed by atoms with E-state index in [1.54, 1.807) is 25.6 Å². The number of aromatic nitrogens is 4. The van der Waals surface area contributed by atoms with Crippen LogP contribution >= 0.6 is 0 Å². The number of nitriles is 1. The van der Waals surface area contributed by atoms with Gasteiger partial charge < -0.3 is 10.5 Å². The molecule has 0 aromatic carbocycles. The van der Waals surface area contributed by atoms with Crippen molar-refractivity contribution in [2.45, 2.75) is 19.9 Å². The third kappa shape index (κ3) is 3.15. The molecule has 0 atom stereocenters. The number of ether oxygens (including phenoxy) is 1. The molecule has 0 spiro atoms. The molecule has 3 rings (SSSR count). The molecule has 0 amide bonds. The van der Waals surface area contributed by atoms with Gasteiger partial charge in [0.25, 0.3) is 0 Å².